The van der Waals surface area contributed by atoms with E-state index in [0.29, 0.717) is 13.0 Å². The van der Waals surface area contributed by atoms with Gasteiger partial charge in [-0.05, 0) is 66.5 Å². The van der Waals surface area contributed by atoms with E-state index >= 15 is 0 Å². The van der Waals surface area contributed by atoms with Gasteiger partial charge in [0.05, 0.1) is 11.7 Å². The van der Waals surface area contributed by atoms with Crippen molar-refractivity contribution in [3.8, 4) is 0 Å². The van der Waals surface area contributed by atoms with Crippen LogP contribution in [0.1, 0.15) is 65.3 Å². The second kappa shape index (κ2) is 9.06. The maximum Gasteiger partial charge on any atom is 0.410 e. The van der Waals surface area contributed by atoms with E-state index in [1.165, 1.54) is 4.90 Å². The molecule has 1 N–H and O–H groups in total. The van der Waals surface area contributed by atoms with Gasteiger partial charge in [0.15, 0.2) is 0 Å². The molecule has 26 heavy (non-hydrogen) atoms. The van der Waals surface area contributed by atoms with Gasteiger partial charge in [-0.1, -0.05) is 6.07 Å². The van der Waals surface area contributed by atoms with Gasteiger partial charge >= 0.3 is 6.09 Å². The van der Waals surface area contributed by atoms with Crippen LogP contribution in [0.25, 0.3) is 0 Å². The van der Waals surface area contributed by atoms with Crippen molar-refractivity contribution in [2.45, 2.75) is 71.3 Å². The first kappa shape index (κ1) is 22.7. The third-order valence-corrected chi connectivity index (χ3v) is 5.17. The van der Waals surface area contributed by atoms with E-state index in [1.807, 2.05) is 60.6 Å². The van der Waals surface area contributed by atoms with Crippen LogP contribution in [0.4, 0.5) is 4.79 Å². The Bertz CT molecular complexity index is 579. The van der Waals surface area contributed by atoms with Crippen molar-refractivity contribution >= 4 is 17.5 Å². The fourth-order valence-electron chi connectivity index (χ4n) is 2.01. The van der Waals surface area contributed by atoms with Crippen LogP contribution in [0.15, 0.2) is 18.3 Å². The second-order valence-corrected chi connectivity index (χ2v) is 10.5. The summed E-state index contributed by atoms with van der Waals surface area (Å²) in [6.45, 7) is 13.7. The van der Waals surface area contributed by atoms with Crippen molar-refractivity contribution in [3.05, 3.63) is 29.6 Å². The van der Waals surface area contributed by atoms with E-state index in [-0.39, 0.29) is 16.9 Å². The van der Waals surface area contributed by atoms with Crippen LogP contribution in [-0.2, 0) is 16.1 Å². The van der Waals surface area contributed by atoms with Gasteiger partial charge in [0.25, 0.3) is 0 Å². The second-order valence-electron chi connectivity index (χ2n) is 8.50. The summed E-state index contributed by atoms with van der Waals surface area (Å²) in [6.07, 6.45) is 2.00. The number of aryl methyl sites for hydroxylation is 1. The van der Waals surface area contributed by atoms with E-state index < -0.39 is 17.0 Å². The maximum atomic E-state index is 12.5. The minimum Gasteiger partial charge on any atom is -0.598 e. The monoisotopic (exact) mass is 383 g/mol. The van der Waals surface area contributed by atoms with Crippen LogP contribution in [0, 0.1) is 6.92 Å². The molecule has 1 aromatic heterocycles. The number of carbonyl (C=O) groups excluding carboxylic acids is 1. The average molecular weight is 384 g/mol. The maximum absolute atomic E-state index is 12.5. The van der Waals surface area contributed by atoms with Gasteiger partial charge in [-0.25, -0.2) is 4.79 Å². The van der Waals surface area contributed by atoms with Gasteiger partial charge in [0.2, 0.25) is 0 Å². The Labute approximate surface area is 161 Å². The van der Waals surface area contributed by atoms with Gasteiger partial charge in [-0.3, -0.25) is 4.98 Å². The molecule has 148 valence electrons. The first-order valence-corrected chi connectivity index (χ1v) is 9.99. The average Bonchev–Trinajstić information content (AvgIpc) is 2.49. The summed E-state index contributed by atoms with van der Waals surface area (Å²) in [6, 6.07) is 3.69. The number of nitrogens with zero attached hydrogens (tertiary/aromatic N) is 2. The number of hydrogen-bond acceptors (Lipinski definition) is 5. The standard InChI is InChI=1S/C19H33N3O3S/c1-14-9-10-15(20-13-14)16(21-26(24)19(5,6)7)11-12-22(8)17(23)25-18(2,3)4/h9-10,13,16,21H,11-12H2,1-8H3. The summed E-state index contributed by atoms with van der Waals surface area (Å²) in [5, 5.41) is 0. The highest BCUT2D eigenvalue weighted by Crippen LogP contribution is 2.22. The molecular weight excluding hydrogens is 350 g/mol. The van der Waals surface area contributed by atoms with E-state index in [9.17, 15) is 9.35 Å². The molecule has 0 spiro atoms. The molecule has 0 aliphatic rings. The lowest BCUT2D eigenvalue weighted by atomic mass is 10.1. The van der Waals surface area contributed by atoms with Crippen molar-refractivity contribution in [2.75, 3.05) is 13.6 Å². The number of ether oxygens (including phenoxy) is 1. The first-order chi connectivity index (χ1) is 11.8. The normalized spacial score (nSPS) is 14.7. The Hall–Kier alpha value is -1.31. The lowest BCUT2D eigenvalue weighted by Crippen LogP contribution is -2.42. The molecule has 0 aromatic carbocycles. The first-order valence-electron chi connectivity index (χ1n) is 8.84. The lowest BCUT2D eigenvalue weighted by Gasteiger charge is -2.29. The summed E-state index contributed by atoms with van der Waals surface area (Å²) >= 11 is -1.24. The third-order valence-electron chi connectivity index (χ3n) is 3.56. The van der Waals surface area contributed by atoms with Gasteiger partial charge < -0.3 is 14.2 Å². The summed E-state index contributed by atoms with van der Waals surface area (Å²) in [5.74, 6) is 0. The molecule has 0 aliphatic carbocycles. The fraction of sp³-hybridized carbons (Fsp3) is 0.684. The molecule has 0 fully saturated rings. The summed E-state index contributed by atoms with van der Waals surface area (Å²) in [4.78, 5) is 18.1. The SMILES string of the molecule is Cc1ccc(C(CCN(C)C(=O)OC(C)(C)C)N[S+]([O-])C(C)(C)C)nc1. The van der Waals surface area contributed by atoms with Crippen LogP contribution in [-0.4, -0.2) is 44.5 Å². The molecule has 6 nitrogen and oxygen atoms in total. The van der Waals surface area contributed by atoms with E-state index in [2.05, 4.69) is 9.71 Å². The van der Waals surface area contributed by atoms with Crippen molar-refractivity contribution in [1.82, 2.24) is 14.6 Å². The Balaban J connectivity index is 2.82. The highest BCUT2D eigenvalue weighted by atomic mass is 32.2. The number of carbonyl (C=O) groups is 1. The van der Waals surface area contributed by atoms with Crippen LogP contribution < -0.4 is 4.72 Å². The van der Waals surface area contributed by atoms with E-state index in [0.717, 1.165) is 11.3 Å². The number of nitrogens with one attached hydrogen (secondary N) is 1. The highest BCUT2D eigenvalue weighted by molar-refractivity contribution is 7.90. The number of amides is 1. The zero-order chi connectivity index (χ0) is 20.1. The van der Waals surface area contributed by atoms with Crippen LogP contribution in [0.2, 0.25) is 0 Å². The third kappa shape index (κ3) is 7.93. The number of rotatable bonds is 6. The molecule has 0 bridgehead atoms. The number of hydrogen-bond donors (Lipinski definition) is 1. The van der Waals surface area contributed by atoms with Crippen molar-refractivity contribution in [3.63, 3.8) is 0 Å². The van der Waals surface area contributed by atoms with Gasteiger partial charge in [-0.2, -0.15) is 0 Å². The van der Waals surface area contributed by atoms with Crippen LogP contribution in [0.3, 0.4) is 0 Å². The van der Waals surface area contributed by atoms with E-state index in [4.69, 9.17) is 4.74 Å². The minimum absolute atomic E-state index is 0.222. The molecule has 1 aromatic rings. The van der Waals surface area contributed by atoms with Crippen LogP contribution >= 0.6 is 0 Å². The lowest BCUT2D eigenvalue weighted by molar-refractivity contribution is 0.0293. The fourth-order valence-corrected chi connectivity index (χ4v) is 2.86. The predicted molar refractivity (Wildman–Crippen MR) is 106 cm³/mol. The summed E-state index contributed by atoms with van der Waals surface area (Å²) < 4.78 is 20.7. The minimum atomic E-state index is -1.24. The van der Waals surface area contributed by atoms with Crippen molar-refractivity contribution in [2.24, 2.45) is 0 Å². The zero-order valence-electron chi connectivity index (χ0n) is 17.3. The molecule has 1 amide bonds. The largest absolute Gasteiger partial charge is 0.598 e. The Kier molecular flexibility index (Phi) is 7.92. The van der Waals surface area contributed by atoms with Gasteiger partial charge in [-0.15, -0.1) is 4.72 Å². The molecule has 0 saturated heterocycles. The molecule has 1 heterocycles. The van der Waals surface area contributed by atoms with Gasteiger partial charge in [0, 0.05) is 31.2 Å². The topological polar surface area (TPSA) is 77.5 Å². The highest BCUT2D eigenvalue weighted by Gasteiger charge is 2.31. The molecule has 2 atom stereocenters. The summed E-state index contributed by atoms with van der Waals surface area (Å²) in [5.41, 5.74) is 1.34. The Morgan fingerprint density at radius 1 is 1.31 bits per heavy atom. The zero-order valence-corrected chi connectivity index (χ0v) is 18.1. The summed E-state index contributed by atoms with van der Waals surface area (Å²) in [7, 11) is 1.70. The molecule has 0 aliphatic heterocycles. The molecule has 1 rings (SSSR count). The van der Waals surface area contributed by atoms with Crippen LogP contribution in [0.5, 0.6) is 0 Å². The molecular formula is C19H33N3O3S. The number of pyridine rings is 1. The quantitative estimate of drug-likeness (QED) is 0.757. The van der Waals surface area contributed by atoms with E-state index in [1.54, 1.807) is 13.2 Å². The molecule has 7 heteroatoms. The van der Waals surface area contributed by atoms with Crippen molar-refractivity contribution < 1.29 is 14.1 Å². The molecule has 2 unspecified atom stereocenters. The van der Waals surface area contributed by atoms with Gasteiger partial charge in [0.1, 0.15) is 10.3 Å². The Morgan fingerprint density at radius 3 is 2.38 bits per heavy atom. The molecule has 0 radical (unpaired) electrons. The molecule has 0 saturated carbocycles. The number of aromatic nitrogens is 1. The smallest absolute Gasteiger partial charge is 0.410 e. The Morgan fingerprint density at radius 2 is 1.92 bits per heavy atom. The predicted octanol–water partition coefficient (Wildman–Crippen LogP) is 3.74. The van der Waals surface area contributed by atoms with Crippen molar-refractivity contribution in [1.29, 1.82) is 0 Å².